The van der Waals surface area contributed by atoms with E-state index in [4.69, 9.17) is 0 Å². The highest BCUT2D eigenvalue weighted by molar-refractivity contribution is 6.14. The molecule has 2 heteroatoms. The molecule has 3 aromatic rings. The third-order valence-corrected chi connectivity index (χ3v) is 5.07. The average molecular weight is 326 g/mol. The van der Waals surface area contributed by atoms with Crippen LogP contribution in [0.25, 0.3) is 0 Å². The Kier molecular flexibility index (Phi) is 3.81. The van der Waals surface area contributed by atoms with Gasteiger partial charge in [-0.1, -0.05) is 91.0 Å². The van der Waals surface area contributed by atoms with Crippen molar-refractivity contribution >= 4 is 11.6 Å². The van der Waals surface area contributed by atoms with Gasteiger partial charge in [-0.25, -0.2) is 0 Å². The lowest BCUT2D eigenvalue weighted by atomic mass is 9.83. The molecule has 0 radical (unpaired) electrons. The molecule has 4 rings (SSSR count). The van der Waals surface area contributed by atoms with Gasteiger partial charge in [-0.15, -0.1) is 0 Å². The third kappa shape index (κ3) is 2.60. The summed E-state index contributed by atoms with van der Waals surface area (Å²) >= 11 is 0. The molecule has 0 saturated heterocycles. The number of carbonyl (C=O) groups is 2. The van der Waals surface area contributed by atoms with Crippen LogP contribution in [0.2, 0.25) is 0 Å². The van der Waals surface area contributed by atoms with Crippen molar-refractivity contribution in [1.82, 2.24) is 0 Å². The van der Waals surface area contributed by atoms with Crippen LogP contribution in [0.1, 0.15) is 32.7 Å². The lowest BCUT2D eigenvalue weighted by molar-refractivity contribution is 0.0885. The van der Waals surface area contributed by atoms with Crippen LogP contribution in [-0.4, -0.2) is 11.6 Å². The van der Waals surface area contributed by atoms with Crippen LogP contribution >= 0.6 is 0 Å². The lowest BCUT2D eigenvalue weighted by Crippen LogP contribution is -2.26. The average Bonchev–Trinajstić information content (AvgIpc) is 3.46. The SMILES string of the molecule is O=C(c1ccccc1)C1CC1(C(=O)c1ccccc1)c1ccccc1. The van der Waals surface area contributed by atoms with Crippen LogP contribution in [0.15, 0.2) is 91.0 Å². The van der Waals surface area contributed by atoms with Gasteiger partial charge in [0.1, 0.15) is 0 Å². The van der Waals surface area contributed by atoms with Crippen LogP contribution < -0.4 is 0 Å². The first-order chi connectivity index (χ1) is 12.2. The zero-order valence-corrected chi connectivity index (χ0v) is 13.8. The van der Waals surface area contributed by atoms with E-state index in [1.807, 2.05) is 91.0 Å². The molecule has 122 valence electrons. The van der Waals surface area contributed by atoms with Crippen molar-refractivity contribution in [2.45, 2.75) is 11.8 Å². The molecule has 2 unspecified atom stereocenters. The summed E-state index contributed by atoms with van der Waals surface area (Å²) in [6.07, 6.45) is 0.568. The Labute approximate surface area is 147 Å². The van der Waals surface area contributed by atoms with Gasteiger partial charge in [0.2, 0.25) is 0 Å². The third-order valence-electron chi connectivity index (χ3n) is 5.07. The van der Waals surface area contributed by atoms with Gasteiger partial charge in [-0.05, 0) is 12.0 Å². The molecule has 1 aliphatic carbocycles. The second kappa shape index (κ2) is 6.14. The minimum atomic E-state index is -0.741. The number of hydrogen-bond donors (Lipinski definition) is 0. The summed E-state index contributed by atoms with van der Waals surface area (Å²) < 4.78 is 0. The molecule has 2 nitrogen and oxygen atoms in total. The van der Waals surface area contributed by atoms with E-state index in [1.54, 1.807) is 0 Å². The van der Waals surface area contributed by atoms with Crippen molar-refractivity contribution in [1.29, 1.82) is 0 Å². The Morgan fingerprint density at radius 1 is 0.680 bits per heavy atom. The fraction of sp³-hybridized carbons (Fsp3) is 0.130. The van der Waals surface area contributed by atoms with E-state index in [0.29, 0.717) is 17.5 Å². The van der Waals surface area contributed by atoms with Crippen molar-refractivity contribution < 1.29 is 9.59 Å². The summed E-state index contributed by atoms with van der Waals surface area (Å²) in [4.78, 5) is 26.3. The van der Waals surface area contributed by atoms with Gasteiger partial charge in [-0.2, -0.15) is 0 Å². The Morgan fingerprint density at radius 2 is 1.16 bits per heavy atom. The maximum atomic E-state index is 13.3. The monoisotopic (exact) mass is 326 g/mol. The Morgan fingerprint density at radius 3 is 1.72 bits per heavy atom. The molecule has 3 aromatic carbocycles. The molecule has 25 heavy (non-hydrogen) atoms. The van der Waals surface area contributed by atoms with Crippen LogP contribution in [0, 0.1) is 5.92 Å². The molecule has 2 atom stereocenters. The first-order valence-electron chi connectivity index (χ1n) is 8.48. The summed E-state index contributed by atoms with van der Waals surface area (Å²) in [6.45, 7) is 0. The highest BCUT2D eigenvalue weighted by Crippen LogP contribution is 2.57. The van der Waals surface area contributed by atoms with E-state index in [-0.39, 0.29) is 17.5 Å². The summed E-state index contributed by atoms with van der Waals surface area (Å²) in [5.41, 5.74) is 1.52. The second-order valence-corrected chi connectivity index (χ2v) is 6.52. The molecule has 0 N–H and O–H groups in total. The minimum absolute atomic E-state index is 0.0357. The van der Waals surface area contributed by atoms with E-state index in [1.165, 1.54) is 0 Å². The molecule has 0 spiro atoms. The van der Waals surface area contributed by atoms with Crippen molar-refractivity contribution in [3.05, 3.63) is 108 Å². The summed E-state index contributed by atoms with van der Waals surface area (Å²) in [6, 6.07) is 28.2. The summed E-state index contributed by atoms with van der Waals surface area (Å²) in [7, 11) is 0. The fourth-order valence-corrected chi connectivity index (χ4v) is 3.67. The summed E-state index contributed by atoms with van der Waals surface area (Å²) in [5.74, 6) is -0.215. The smallest absolute Gasteiger partial charge is 0.174 e. The molecular weight excluding hydrogens is 308 g/mol. The van der Waals surface area contributed by atoms with Crippen LogP contribution in [0.5, 0.6) is 0 Å². The topological polar surface area (TPSA) is 34.1 Å². The normalized spacial score (nSPS) is 21.5. The van der Waals surface area contributed by atoms with Gasteiger partial charge in [0.15, 0.2) is 11.6 Å². The van der Waals surface area contributed by atoms with Gasteiger partial charge in [0.05, 0.1) is 5.41 Å². The molecule has 0 heterocycles. The predicted molar refractivity (Wildman–Crippen MR) is 97.8 cm³/mol. The maximum Gasteiger partial charge on any atom is 0.174 e. The van der Waals surface area contributed by atoms with Crippen molar-refractivity contribution in [3.8, 4) is 0 Å². The van der Waals surface area contributed by atoms with E-state index < -0.39 is 5.41 Å². The van der Waals surface area contributed by atoms with Gasteiger partial charge in [0.25, 0.3) is 0 Å². The molecule has 0 aromatic heterocycles. The quantitative estimate of drug-likeness (QED) is 0.636. The molecular formula is C23H18O2. The van der Waals surface area contributed by atoms with Crippen LogP contribution in [0.3, 0.4) is 0 Å². The van der Waals surface area contributed by atoms with Crippen LogP contribution in [-0.2, 0) is 5.41 Å². The van der Waals surface area contributed by atoms with E-state index in [2.05, 4.69) is 0 Å². The van der Waals surface area contributed by atoms with Gasteiger partial charge < -0.3 is 0 Å². The first kappa shape index (κ1) is 15.5. The molecule has 0 bridgehead atoms. The minimum Gasteiger partial charge on any atom is -0.294 e. The Balaban J connectivity index is 1.75. The molecule has 0 amide bonds. The van der Waals surface area contributed by atoms with Crippen molar-refractivity contribution in [3.63, 3.8) is 0 Å². The zero-order valence-electron chi connectivity index (χ0n) is 13.8. The van der Waals surface area contributed by atoms with E-state index >= 15 is 0 Å². The zero-order chi connectivity index (χ0) is 17.3. The van der Waals surface area contributed by atoms with Crippen LogP contribution in [0.4, 0.5) is 0 Å². The number of ketones is 2. The predicted octanol–water partition coefficient (Wildman–Crippen LogP) is 4.71. The number of carbonyl (C=O) groups excluding carboxylic acids is 2. The largest absolute Gasteiger partial charge is 0.294 e. The van der Waals surface area contributed by atoms with E-state index in [9.17, 15) is 9.59 Å². The molecule has 0 aliphatic heterocycles. The maximum absolute atomic E-state index is 13.3. The molecule has 1 saturated carbocycles. The van der Waals surface area contributed by atoms with Gasteiger partial charge in [-0.3, -0.25) is 9.59 Å². The van der Waals surface area contributed by atoms with Gasteiger partial charge >= 0.3 is 0 Å². The number of hydrogen-bond acceptors (Lipinski definition) is 2. The highest BCUT2D eigenvalue weighted by Gasteiger charge is 2.63. The first-order valence-corrected chi connectivity index (χ1v) is 8.48. The Hall–Kier alpha value is -3.00. The van der Waals surface area contributed by atoms with Gasteiger partial charge in [0, 0.05) is 17.0 Å². The number of rotatable bonds is 5. The molecule has 1 fully saturated rings. The Bertz CT molecular complexity index is 901. The highest BCUT2D eigenvalue weighted by atomic mass is 16.1. The number of benzene rings is 3. The van der Waals surface area contributed by atoms with Crippen molar-refractivity contribution in [2.75, 3.05) is 0 Å². The fourth-order valence-electron chi connectivity index (χ4n) is 3.67. The van der Waals surface area contributed by atoms with E-state index in [0.717, 1.165) is 5.56 Å². The standard InChI is InChI=1S/C23H18O2/c24-21(17-10-4-1-5-11-17)20-16-23(20,19-14-8-3-9-15-19)22(25)18-12-6-2-7-13-18/h1-15,20H,16H2. The van der Waals surface area contributed by atoms with Crippen molar-refractivity contribution in [2.24, 2.45) is 5.92 Å². The summed E-state index contributed by atoms with van der Waals surface area (Å²) in [5, 5.41) is 0. The lowest BCUT2D eigenvalue weighted by Gasteiger charge is -2.17. The second-order valence-electron chi connectivity index (χ2n) is 6.52. The molecule has 1 aliphatic rings. The number of Topliss-reactive ketones (excluding diaryl/α,β-unsaturated/α-hetero) is 2.